The molecule has 2 unspecified atom stereocenters. The van der Waals surface area contributed by atoms with Crippen molar-refractivity contribution in [3.05, 3.63) is 29.6 Å². The Morgan fingerprint density at radius 3 is 2.61 bits per heavy atom. The monoisotopic (exact) mass is 269 g/mol. The number of phenols is 1. The molecule has 2 atom stereocenters. The summed E-state index contributed by atoms with van der Waals surface area (Å²) < 4.78 is 13.1. The van der Waals surface area contributed by atoms with Crippen molar-refractivity contribution in [3.8, 4) is 5.75 Å². The van der Waals surface area contributed by atoms with Crippen molar-refractivity contribution in [3.63, 3.8) is 0 Å². The third-order valence-corrected chi connectivity index (χ3v) is 4.12. The van der Waals surface area contributed by atoms with Gasteiger partial charge in [-0.25, -0.2) is 4.39 Å². The van der Waals surface area contributed by atoms with Gasteiger partial charge in [0.25, 0.3) is 5.91 Å². The average Bonchev–Trinajstić information content (AvgIpc) is 2.30. The van der Waals surface area contributed by atoms with Crippen molar-refractivity contribution in [2.75, 3.05) is 13.1 Å². The number of hydrogen-bond donors (Lipinski definition) is 1. The first-order valence-electron chi connectivity index (χ1n) is 5.90. The summed E-state index contributed by atoms with van der Waals surface area (Å²) in [5.74, 6) is -0.977. The lowest BCUT2D eigenvalue weighted by atomic mass is 10.1. The minimum Gasteiger partial charge on any atom is -0.507 e. The molecule has 1 heterocycles. The highest BCUT2D eigenvalue weighted by molar-refractivity contribution is 8.00. The first-order valence-corrected chi connectivity index (χ1v) is 6.85. The summed E-state index contributed by atoms with van der Waals surface area (Å²) in [5.41, 5.74) is 0.0429. The van der Waals surface area contributed by atoms with E-state index in [1.54, 1.807) is 4.90 Å². The second-order valence-electron chi connectivity index (χ2n) is 4.63. The lowest BCUT2D eigenvalue weighted by Crippen LogP contribution is -2.44. The summed E-state index contributed by atoms with van der Waals surface area (Å²) in [5, 5.41) is 10.4. The molecule has 3 nitrogen and oxygen atoms in total. The van der Waals surface area contributed by atoms with Crippen LogP contribution in [0.25, 0.3) is 0 Å². The van der Waals surface area contributed by atoms with Gasteiger partial charge in [0.2, 0.25) is 0 Å². The van der Waals surface area contributed by atoms with Crippen molar-refractivity contribution >= 4 is 17.7 Å². The predicted molar refractivity (Wildman–Crippen MR) is 70.5 cm³/mol. The van der Waals surface area contributed by atoms with E-state index in [0.717, 1.165) is 12.1 Å². The number of nitrogens with zero attached hydrogens (tertiary/aromatic N) is 1. The Kier molecular flexibility index (Phi) is 3.80. The van der Waals surface area contributed by atoms with Crippen LogP contribution in [0.5, 0.6) is 5.75 Å². The van der Waals surface area contributed by atoms with Gasteiger partial charge in [0.1, 0.15) is 11.6 Å². The third-order valence-electron chi connectivity index (χ3n) is 2.90. The first kappa shape index (κ1) is 13.2. The van der Waals surface area contributed by atoms with Crippen LogP contribution in [-0.2, 0) is 0 Å². The molecule has 0 bridgehead atoms. The molecule has 1 fully saturated rings. The van der Waals surface area contributed by atoms with E-state index in [1.807, 2.05) is 11.8 Å². The van der Waals surface area contributed by atoms with E-state index < -0.39 is 5.82 Å². The molecule has 18 heavy (non-hydrogen) atoms. The molecule has 1 aromatic rings. The molecule has 1 amide bonds. The van der Waals surface area contributed by atoms with Crippen LogP contribution < -0.4 is 0 Å². The van der Waals surface area contributed by atoms with E-state index in [2.05, 4.69) is 13.8 Å². The maximum Gasteiger partial charge on any atom is 0.257 e. The highest BCUT2D eigenvalue weighted by Crippen LogP contribution is 2.27. The summed E-state index contributed by atoms with van der Waals surface area (Å²) in [6.45, 7) is 5.38. The highest BCUT2D eigenvalue weighted by Gasteiger charge is 2.27. The number of carbonyl (C=O) groups is 1. The average molecular weight is 269 g/mol. The van der Waals surface area contributed by atoms with Crippen LogP contribution in [0.2, 0.25) is 0 Å². The number of benzene rings is 1. The zero-order chi connectivity index (χ0) is 13.3. The van der Waals surface area contributed by atoms with Crippen LogP contribution in [-0.4, -0.2) is 39.5 Å². The molecule has 1 aliphatic heterocycles. The summed E-state index contributed by atoms with van der Waals surface area (Å²) in [6.07, 6.45) is 0. The normalized spacial score (nSPS) is 24.1. The maximum absolute atomic E-state index is 13.1. The topological polar surface area (TPSA) is 40.5 Å². The van der Waals surface area contributed by atoms with Gasteiger partial charge < -0.3 is 10.0 Å². The SMILES string of the molecule is CC1CN(C(=O)c2cc(F)ccc2O)CC(C)S1. The van der Waals surface area contributed by atoms with Crippen LogP contribution in [0.3, 0.4) is 0 Å². The smallest absolute Gasteiger partial charge is 0.257 e. The second-order valence-corrected chi connectivity index (χ2v) is 6.51. The van der Waals surface area contributed by atoms with Crippen molar-refractivity contribution in [2.45, 2.75) is 24.3 Å². The Balaban J connectivity index is 2.22. The fourth-order valence-corrected chi connectivity index (χ4v) is 3.52. The Labute approximate surface area is 110 Å². The molecule has 1 aromatic carbocycles. The van der Waals surface area contributed by atoms with Crippen molar-refractivity contribution < 1.29 is 14.3 Å². The zero-order valence-electron chi connectivity index (χ0n) is 10.4. The summed E-state index contributed by atoms with van der Waals surface area (Å²) in [6, 6.07) is 3.45. The number of carbonyl (C=O) groups excluding carboxylic acids is 1. The van der Waals surface area contributed by atoms with E-state index in [4.69, 9.17) is 0 Å². The molecule has 1 N–H and O–H groups in total. The van der Waals surface area contributed by atoms with Crippen LogP contribution in [0, 0.1) is 5.82 Å². The fourth-order valence-electron chi connectivity index (χ4n) is 2.19. The van der Waals surface area contributed by atoms with Gasteiger partial charge in [-0.3, -0.25) is 4.79 Å². The molecule has 0 saturated carbocycles. The first-order chi connectivity index (χ1) is 8.47. The fraction of sp³-hybridized carbons (Fsp3) is 0.462. The number of halogens is 1. The predicted octanol–water partition coefficient (Wildman–Crippen LogP) is 2.50. The largest absolute Gasteiger partial charge is 0.507 e. The Bertz CT molecular complexity index is 456. The number of phenolic OH excluding ortho intramolecular Hbond substituents is 1. The molecule has 0 aromatic heterocycles. The van der Waals surface area contributed by atoms with E-state index in [-0.39, 0.29) is 17.2 Å². The maximum atomic E-state index is 13.1. The number of rotatable bonds is 1. The van der Waals surface area contributed by atoms with Gasteiger partial charge in [0, 0.05) is 23.6 Å². The molecule has 5 heteroatoms. The molecule has 1 saturated heterocycles. The molecular formula is C13H16FNO2S. The van der Waals surface area contributed by atoms with Gasteiger partial charge in [-0.05, 0) is 18.2 Å². The molecule has 1 aliphatic rings. The highest BCUT2D eigenvalue weighted by atomic mass is 32.2. The van der Waals surface area contributed by atoms with Gasteiger partial charge in [0.15, 0.2) is 0 Å². The zero-order valence-corrected chi connectivity index (χ0v) is 11.2. The Morgan fingerprint density at radius 2 is 2.00 bits per heavy atom. The molecule has 0 aliphatic carbocycles. The molecular weight excluding hydrogens is 253 g/mol. The second kappa shape index (κ2) is 5.18. The van der Waals surface area contributed by atoms with E-state index in [1.165, 1.54) is 6.07 Å². The van der Waals surface area contributed by atoms with Gasteiger partial charge in [0.05, 0.1) is 5.56 Å². The van der Waals surface area contributed by atoms with Crippen molar-refractivity contribution in [1.82, 2.24) is 4.90 Å². The van der Waals surface area contributed by atoms with Gasteiger partial charge in [-0.1, -0.05) is 13.8 Å². The summed E-state index contributed by atoms with van der Waals surface area (Å²) >= 11 is 1.83. The molecule has 0 radical (unpaired) electrons. The summed E-state index contributed by atoms with van der Waals surface area (Å²) in [4.78, 5) is 13.9. The Hall–Kier alpha value is -1.23. The number of amides is 1. The van der Waals surface area contributed by atoms with Gasteiger partial charge in [-0.15, -0.1) is 0 Å². The number of thioether (sulfide) groups is 1. The van der Waals surface area contributed by atoms with Crippen LogP contribution in [0.1, 0.15) is 24.2 Å². The van der Waals surface area contributed by atoms with E-state index in [0.29, 0.717) is 23.6 Å². The molecule has 98 valence electrons. The Morgan fingerprint density at radius 1 is 1.39 bits per heavy atom. The molecule has 2 rings (SSSR count). The van der Waals surface area contributed by atoms with Crippen LogP contribution >= 0.6 is 11.8 Å². The van der Waals surface area contributed by atoms with Crippen LogP contribution in [0.4, 0.5) is 4.39 Å². The minimum atomic E-state index is -0.511. The number of aromatic hydroxyl groups is 1. The van der Waals surface area contributed by atoms with Crippen molar-refractivity contribution in [2.24, 2.45) is 0 Å². The van der Waals surface area contributed by atoms with Gasteiger partial charge in [-0.2, -0.15) is 11.8 Å². The van der Waals surface area contributed by atoms with E-state index in [9.17, 15) is 14.3 Å². The molecule has 0 spiro atoms. The van der Waals surface area contributed by atoms with Crippen LogP contribution in [0.15, 0.2) is 18.2 Å². The third kappa shape index (κ3) is 2.77. The standard InChI is InChI=1S/C13H16FNO2S/c1-8-6-15(7-9(2)18-8)13(17)11-5-10(14)3-4-12(11)16/h3-5,8-9,16H,6-7H2,1-2H3. The lowest BCUT2D eigenvalue weighted by molar-refractivity contribution is 0.0749. The quantitative estimate of drug-likeness (QED) is 0.851. The minimum absolute atomic E-state index is 0.0429. The lowest BCUT2D eigenvalue weighted by Gasteiger charge is -2.34. The number of hydrogen-bond acceptors (Lipinski definition) is 3. The van der Waals surface area contributed by atoms with E-state index >= 15 is 0 Å². The van der Waals surface area contributed by atoms with Gasteiger partial charge >= 0.3 is 0 Å². The van der Waals surface area contributed by atoms with Crippen molar-refractivity contribution in [1.29, 1.82) is 0 Å². The summed E-state index contributed by atoms with van der Waals surface area (Å²) in [7, 11) is 0.